The van der Waals surface area contributed by atoms with Gasteiger partial charge < -0.3 is 15.3 Å². The molecule has 1 atom stereocenters. The van der Waals surface area contributed by atoms with E-state index in [1.54, 1.807) is 30.5 Å². The molecule has 0 unspecified atom stereocenters. The summed E-state index contributed by atoms with van der Waals surface area (Å²) in [5.41, 5.74) is -0.117. The van der Waals surface area contributed by atoms with Crippen molar-refractivity contribution in [2.24, 2.45) is 0 Å². The highest BCUT2D eigenvalue weighted by Gasteiger charge is 2.51. The van der Waals surface area contributed by atoms with Crippen LogP contribution in [0.3, 0.4) is 0 Å². The summed E-state index contributed by atoms with van der Waals surface area (Å²) in [6, 6.07) is 9.40. The minimum atomic E-state index is -2.13. The molecule has 0 aliphatic carbocycles. The zero-order chi connectivity index (χ0) is 20.6. The number of carbonyl (C=O) groups excluding carboxylic acids is 2. The lowest BCUT2D eigenvalue weighted by Gasteiger charge is -2.22. The topological polar surface area (TPSA) is 98.3 Å². The fourth-order valence-corrected chi connectivity index (χ4v) is 3.73. The third-order valence-electron chi connectivity index (χ3n) is 5.03. The number of hydrogen-bond donors (Lipinski definition) is 3. The maximum atomic E-state index is 13.4. The van der Waals surface area contributed by atoms with Gasteiger partial charge in [-0.05, 0) is 48.4 Å². The smallest absolute Gasteiger partial charge is 0.268 e. The average molecular weight is 417 g/mol. The van der Waals surface area contributed by atoms with E-state index in [1.807, 2.05) is 0 Å². The molecular formula is C20H18ClFN4O3. The highest BCUT2D eigenvalue weighted by atomic mass is 35.5. The molecule has 2 aromatic carbocycles. The van der Waals surface area contributed by atoms with Gasteiger partial charge in [-0.25, -0.2) is 4.39 Å². The molecule has 1 fully saturated rings. The van der Waals surface area contributed by atoms with E-state index in [1.165, 1.54) is 17.0 Å². The molecule has 1 aliphatic rings. The Morgan fingerprint density at radius 3 is 2.97 bits per heavy atom. The van der Waals surface area contributed by atoms with E-state index in [9.17, 15) is 19.1 Å². The van der Waals surface area contributed by atoms with Gasteiger partial charge in [-0.2, -0.15) is 5.10 Å². The Hall–Kier alpha value is -2.97. The molecule has 0 bridgehead atoms. The first-order valence-corrected chi connectivity index (χ1v) is 9.45. The standard InChI is InChI=1S/C20H18ClFN4O3/c21-14-7-12(8-15(22)10-14)3-5-23-18(27)20(29)4-6-26(19(20)28)16-1-2-17-13(9-16)11-24-25-17/h1-2,7-11,29H,3-6H2,(H,23,27)(H,24,25)/t20-/m1/s1. The molecule has 0 spiro atoms. The van der Waals surface area contributed by atoms with Crippen LogP contribution in [0.1, 0.15) is 12.0 Å². The number of aromatic amines is 1. The number of benzene rings is 2. The van der Waals surface area contributed by atoms with Crippen LogP contribution in [0.25, 0.3) is 10.9 Å². The zero-order valence-corrected chi connectivity index (χ0v) is 16.0. The van der Waals surface area contributed by atoms with Crippen LogP contribution >= 0.6 is 11.6 Å². The molecule has 7 nitrogen and oxygen atoms in total. The van der Waals surface area contributed by atoms with Gasteiger partial charge in [0.15, 0.2) is 0 Å². The van der Waals surface area contributed by atoms with E-state index in [0.717, 1.165) is 10.9 Å². The molecule has 1 aliphatic heterocycles. The van der Waals surface area contributed by atoms with Gasteiger partial charge in [0.25, 0.3) is 11.8 Å². The number of nitrogens with zero attached hydrogens (tertiary/aromatic N) is 2. The van der Waals surface area contributed by atoms with Crippen molar-refractivity contribution in [2.45, 2.75) is 18.4 Å². The molecular weight excluding hydrogens is 399 g/mol. The molecule has 9 heteroatoms. The molecule has 3 N–H and O–H groups in total. The molecule has 2 amide bonds. The summed E-state index contributed by atoms with van der Waals surface area (Å²) in [6.45, 7) is 0.348. The van der Waals surface area contributed by atoms with Crippen molar-refractivity contribution in [1.82, 2.24) is 15.5 Å². The largest absolute Gasteiger partial charge is 0.372 e. The predicted octanol–water partition coefficient (Wildman–Crippen LogP) is 2.18. The van der Waals surface area contributed by atoms with Crippen molar-refractivity contribution in [2.75, 3.05) is 18.0 Å². The average Bonchev–Trinajstić information content (AvgIpc) is 3.26. The first-order valence-electron chi connectivity index (χ1n) is 9.07. The lowest BCUT2D eigenvalue weighted by atomic mass is 10.0. The minimum Gasteiger partial charge on any atom is -0.372 e. The number of aromatic nitrogens is 2. The number of hydrogen-bond acceptors (Lipinski definition) is 4. The third kappa shape index (κ3) is 3.68. The van der Waals surface area contributed by atoms with Crippen molar-refractivity contribution < 1.29 is 19.1 Å². The van der Waals surface area contributed by atoms with Crippen LogP contribution in [0.2, 0.25) is 5.02 Å². The monoisotopic (exact) mass is 416 g/mol. The SMILES string of the molecule is O=C(NCCc1cc(F)cc(Cl)c1)[C@]1(O)CCN(c2ccc3[nH]ncc3c2)C1=O. The number of amides is 2. The van der Waals surface area contributed by atoms with E-state index in [-0.39, 0.29) is 24.5 Å². The van der Waals surface area contributed by atoms with E-state index in [2.05, 4.69) is 15.5 Å². The van der Waals surface area contributed by atoms with Crippen LogP contribution in [0.15, 0.2) is 42.6 Å². The van der Waals surface area contributed by atoms with Crippen LogP contribution < -0.4 is 10.2 Å². The second kappa shape index (κ2) is 7.46. The van der Waals surface area contributed by atoms with Gasteiger partial charge in [0.05, 0.1) is 11.7 Å². The summed E-state index contributed by atoms with van der Waals surface area (Å²) in [5, 5.41) is 21.1. The Kier molecular flexibility index (Phi) is 4.97. The second-order valence-electron chi connectivity index (χ2n) is 6.99. The molecule has 0 saturated carbocycles. The van der Waals surface area contributed by atoms with Crippen molar-refractivity contribution >= 4 is 40.0 Å². The van der Waals surface area contributed by atoms with Crippen LogP contribution in [-0.4, -0.2) is 45.8 Å². The number of carbonyl (C=O) groups is 2. The van der Waals surface area contributed by atoms with E-state index in [0.29, 0.717) is 17.7 Å². The van der Waals surface area contributed by atoms with Crippen molar-refractivity contribution in [3.05, 3.63) is 59.0 Å². The molecule has 3 aromatic rings. The number of nitrogens with one attached hydrogen (secondary N) is 2. The first kappa shape index (κ1) is 19.4. The third-order valence-corrected chi connectivity index (χ3v) is 5.25. The molecule has 150 valence electrons. The number of fused-ring (bicyclic) bond motifs is 1. The predicted molar refractivity (Wildman–Crippen MR) is 106 cm³/mol. The summed E-state index contributed by atoms with van der Waals surface area (Å²) < 4.78 is 13.4. The van der Waals surface area contributed by atoms with Gasteiger partial charge in [0.2, 0.25) is 5.60 Å². The highest BCUT2D eigenvalue weighted by Crippen LogP contribution is 2.30. The van der Waals surface area contributed by atoms with Gasteiger partial charge in [0, 0.05) is 35.6 Å². The van der Waals surface area contributed by atoms with Crippen LogP contribution in [0, 0.1) is 5.82 Å². The Labute approximate surface area is 170 Å². The molecule has 29 heavy (non-hydrogen) atoms. The second-order valence-corrected chi connectivity index (χ2v) is 7.43. The number of anilines is 1. The Morgan fingerprint density at radius 1 is 1.34 bits per heavy atom. The lowest BCUT2D eigenvalue weighted by Crippen LogP contribution is -2.52. The number of rotatable bonds is 5. The van der Waals surface area contributed by atoms with E-state index >= 15 is 0 Å². The van der Waals surface area contributed by atoms with Crippen LogP contribution in [-0.2, 0) is 16.0 Å². The Balaban J connectivity index is 1.42. The summed E-state index contributed by atoms with van der Waals surface area (Å²) >= 11 is 5.82. The molecule has 2 heterocycles. The van der Waals surface area contributed by atoms with Crippen LogP contribution in [0.5, 0.6) is 0 Å². The summed E-state index contributed by atoms with van der Waals surface area (Å²) in [6.07, 6.45) is 1.93. The van der Waals surface area contributed by atoms with Crippen molar-refractivity contribution in [1.29, 1.82) is 0 Å². The Morgan fingerprint density at radius 2 is 2.17 bits per heavy atom. The summed E-state index contributed by atoms with van der Waals surface area (Å²) in [7, 11) is 0. The van der Waals surface area contributed by atoms with Gasteiger partial charge in [-0.1, -0.05) is 11.6 Å². The first-order chi connectivity index (χ1) is 13.9. The normalized spacial score (nSPS) is 19.1. The molecule has 1 saturated heterocycles. The molecule has 0 radical (unpaired) electrons. The fraction of sp³-hybridized carbons (Fsp3) is 0.250. The van der Waals surface area contributed by atoms with Gasteiger partial charge in [-0.3, -0.25) is 14.7 Å². The van der Waals surface area contributed by atoms with Gasteiger partial charge in [0.1, 0.15) is 5.82 Å². The fourth-order valence-electron chi connectivity index (χ4n) is 3.48. The summed E-state index contributed by atoms with van der Waals surface area (Å²) in [5.74, 6) is -1.91. The van der Waals surface area contributed by atoms with Gasteiger partial charge in [-0.15, -0.1) is 0 Å². The Bertz CT molecular complexity index is 1080. The van der Waals surface area contributed by atoms with Gasteiger partial charge >= 0.3 is 0 Å². The van der Waals surface area contributed by atoms with Crippen LogP contribution in [0.4, 0.5) is 10.1 Å². The van der Waals surface area contributed by atoms with E-state index in [4.69, 9.17) is 11.6 Å². The number of aliphatic hydroxyl groups is 1. The molecule has 4 rings (SSSR count). The maximum absolute atomic E-state index is 13.4. The maximum Gasteiger partial charge on any atom is 0.268 e. The van der Waals surface area contributed by atoms with E-state index < -0.39 is 23.2 Å². The number of halogens is 2. The molecule has 1 aromatic heterocycles. The zero-order valence-electron chi connectivity index (χ0n) is 15.3. The highest BCUT2D eigenvalue weighted by molar-refractivity contribution is 6.30. The number of H-pyrrole nitrogens is 1. The van der Waals surface area contributed by atoms with Crippen molar-refractivity contribution in [3.63, 3.8) is 0 Å². The van der Waals surface area contributed by atoms with Crippen molar-refractivity contribution in [3.8, 4) is 0 Å². The quantitative estimate of drug-likeness (QED) is 0.555. The lowest BCUT2D eigenvalue weighted by molar-refractivity contribution is -0.149. The summed E-state index contributed by atoms with van der Waals surface area (Å²) in [4.78, 5) is 26.7. The minimum absolute atomic E-state index is 0.0209.